The van der Waals surface area contributed by atoms with Gasteiger partial charge in [-0.1, -0.05) is 12.1 Å². The minimum absolute atomic E-state index is 0.157. The molecule has 20 heavy (non-hydrogen) atoms. The number of ether oxygens (including phenoxy) is 2. The van der Waals surface area contributed by atoms with E-state index in [4.69, 9.17) is 15.2 Å². The second kappa shape index (κ2) is 7.62. The van der Waals surface area contributed by atoms with Crippen LogP contribution in [-0.4, -0.2) is 49.9 Å². The summed E-state index contributed by atoms with van der Waals surface area (Å²) in [5, 5.41) is 0. The number of rotatable bonds is 6. The number of nitrogens with zero attached hydrogens (tertiary/aromatic N) is 1. The molecule has 0 spiro atoms. The molecular formula is C16H26N2O2. The van der Waals surface area contributed by atoms with Gasteiger partial charge in [0.15, 0.2) is 0 Å². The molecule has 1 aromatic carbocycles. The maximum Gasteiger partial charge on any atom is 0.119 e. The van der Waals surface area contributed by atoms with Crippen LogP contribution in [0.1, 0.15) is 19.4 Å². The molecule has 4 heteroatoms. The third-order valence-corrected chi connectivity index (χ3v) is 3.67. The predicted octanol–water partition coefficient (Wildman–Crippen LogP) is 1.68. The average molecular weight is 278 g/mol. The number of hydrogen-bond acceptors (Lipinski definition) is 4. The summed E-state index contributed by atoms with van der Waals surface area (Å²) in [5.74, 6) is 0.904. The van der Waals surface area contributed by atoms with Crippen molar-refractivity contribution in [3.05, 3.63) is 29.8 Å². The Bertz CT molecular complexity index is 409. The summed E-state index contributed by atoms with van der Waals surface area (Å²) in [4.78, 5) is 2.43. The zero-order valence-electron chi connectivity index (χ0n) is 12.5. The number of morpholine rings is 1. The Morgan fingerprint density at radius 1 is 1.45 bits per heavy atom. The van der Waals surface area contributed by atoms with Crippen LogP contribution in [-0.2, 0) is 11.2 Å². The van der Waals surface area contributed by atoms with E-state index in [1.807, 2.05) is 12.1 Å². The van der Waals surface area contributed by atoms with E-state index in [0.717, 1.165) is 31.9 Å². The van der Waals surface area contributed by atoms with Crippen molar-refractivity contribution in [1.82, 2.24) is 4.90 Å². The van der Waals surface area contributed by atoms with Crippen molar-refractivity contribution in [2.75, 3.05) is 32.8 Å². The second-order valence-corrected chi connectivity index (χ2v) is 5.58. The first-order valence-electron chi connectivity index (χ1n) is 7.46. The van der Waals surface area contributed by atoms with Crippen molar-refractivity contribution >= 4 is 0 Å². The largest absolute Gasteiger partial charge is 0.491 e. The van der Waals surface area contributed by atoms with E-state index < -0.39 is 0 Å². The zero-order chi connectivity index (χ0) is 14.4. The van der Waals surface area contributed by atoms with E-state index in [1.165, 1.54) is 5.56 Å². The Labute approximate surface area is 121 Å². The van der Waals surface area contributed by atoms with Gasteiger partial charge in [-0.3, -0.25) is 4.90 Å². The molecule has 1 unspecified atom stereocenters. The molecule has 0 saturated carbocycles. The van der Waals surface area contributed by atoms with Gasteiger partial charge in [0.1, 0.15) is 18.5 Å². The molecule has 4 nitrogen and oxygen atoms in total. The van der Waals surface area contributed by atoms with Gasteiger partial charge in [0.25, 0.3) is 0 Å². The van der Waals surface area contributed by atoms with Crippen molar-refractivity contribution in [3.63, 3.8) is 0 Å². The molecule has 112 valence electrons. The first-order chi connectivity index (χ1) is 9.69. The molecule has 0 aromatic heterocycles. The monoisotopic (exact) mass is 278 g/mol. The normalized spacial score (nSPS) is 20.3. The SMILES string of the molecule is CC(C)N1CCOC(COc2cccc(CCN)c2)C1. The van der Waals surface area contributed by atoms with Crippen LogP contribution in [0.25, 0.3) is 0 Å². The lowest BCUT2D eigenvalue weighted by molar-refractivity contribution is -0.0564. The van der Waals surface area contributed by atoms with Crippen LogP contribution < -0.4 is 10.5 Å². The second-order valence-electron chi connectivity index (χ2n) is 5.58. The highest BCUT2D eigenvalue weighted by Gasteiger charge is 2.22. The van der Waals surface area contributed by atoms with Crippen molar-refractivity contribution in [2.24, 2.45) is 5.73 Å². The van der Waals surface area contributed by atoms with Crippen LogP contribution in [0.2, 0.25) is 0 Å². The molecule has 1 aliphatic heterocycles. The van der Waals surface area contributed by atoms with Gasteiger partial charge in [-0.2, -0.15) is 0 Å². The molecule has 1 aliphatic rings. The zero-order valence-corrected chi connectivity index (χ0v) is 12.5. The van der Waals surface area contributed by atoms with E-state index in [9.17, 15) is 0 Å². The molecule has 0 amide bonds. The molecule has 0 bridgehead atoms. The van der Waals surface area contributed by atoms with E-state index in [0.29, 0.717) is 19.2 Å². The molecular weight excluding hydrogens is 252 g/mol. The van der Waals surface area contributed by atoms with Gasteiger partial charge in [0.05, 0.1) is 6.61 Å². The molecule has 0 radical (unpaired) electrons. The highest BCUT2D eigenvalue weighted by Crippen LogP contribution is 2.15. The molecule has 1 aromatic rings. The first-order valence-corrected chi connectivity index (χ1v) is 7.46. The standard InChI is InChI=1S/C16H26N2O2/c1-13(2)18-8-9-19-16(11-18)12-20-15-5-3-4-14(10-15)6-7-17/h3-5,10,13,16H,6-9,11-12,17H2,1-2H3. The quantitative estimate of drug-likeness (QED) is 0.860. The highest BCUT2D eigenvalue weighted by atomic mass is 16.5. The predicted molar refractivity (Wildman–Crippen MR) is 81.1 cm³/mol. The Kier molecular flexibility index (Phi) is 5.83. The van der Waals surface area contributed by atoms with Crippen LogP contribution in [0.5, 0.6) is 5.75 Å². The molecule has 1 heterocycles. The van der Waals surface area contributed by atoms with Crippen LogP contribution in [0.4, 0.5) is 0 Å². The molecule has 1 saturated heterocycles. The lowest BCUT2D eigenvalue weighted by atomic mass is 10.1. The number of hydrogen-bond donors (Lipinski definition) is 1. The summed E-state index contributed by atoms with van der Waals surface area (Å²) >= 11 is 0. The van der Waals surface area contributed by atoms with Crippen molar-refractivity contribution < 1.29 is 9.47 Å². The summed E-state index contributed by atoms with van der Waals surface area (Å²) in [5.41, 5.74) is 6.80. The smallest absolute Gasteiger partial charge is 0.119 e. The highest BCUT2D eigenvalue weighted by molar-refractivity contribution is 5.28. The number of nitrogens with two attached hydrogens (primary N) is 1. The lowest BCUT2D eigenvalue weighted by Crippen LogP contribution is -2.47. The Morgan fingerprint density at radius 2 is 2.30 bits per heavy atom. The van der Waals surface area contributed by atoms with Crippen molar-refractivity contribution in [3.8, 4) is 5.75 Å². The van der Waals surface area contributed by atoms with Gasteiger partial charge in [0, 0.05) is 19.1 Å². The maximum absolute atomic E-state index is 5.87. The summed E-state index contributed by atoms with van der Waals surface area (Å²) in [7, 11) is 0. The third-order valence-electron chi connectivity index (χ3n) is 3.67. The van der Waals surface area contributed by atoms with Gasteiger partial charge in [-0.15, -0.1) is 0 Å². The van der Waals surface area contributed by atoms with Gasteiger partial charge in [-0.25, -0.2) is 0 Å². The van der Waals surface area contributed by atoms with E-state index in [2.05, 4.69) is 30.9 Å². The van der Waals surface area contributed by atoms with E-state index >= 15 is 0 Å². The Morgan fingerprint density at radius 3 is 3.05 bits per heavy atom. The van der Waals surface area contributed by atoms with Gasteiger partial charge < -0.3 is 15.2 Å². The minimum Gasteiger partial charge on any atom is -0.491 e. The van der Waals surface area contributed by atoms with E-state index in [1.54, 1.807) is 0 Å². The van der Waals surface area contributed by atoms with Gasteiger partial charge in [-0.05, 0) is 44.5 Å². The topological polar surface area (TPSA) is 47.7 Å². The van der Waals surface area contributed by atoms with Crippen molar-refractivity contribution in [2.45, 2.75) is 32.4 Å². The summed E-state index contributed by atoms with van der Waals surface area (Å²) < 4.78 is 11.6. The fourth-order valence-electron chi connectivity index (χ4n) is 2.46. The fourth-order valence-corrected chi connectivity index (χ4v) is 2.46. The molecule has 1 atom stereocenters. The fraction of sp³-hybridized carbons (Fsp3) is 0.625. The van der Waals surface area contributed by atoms with Crippen LogP contribution in [0.3, 0.4) is 0 Å². The molecule has 2 N–H and O–H groups in total. The Balaban J connectivity index is 1.83. The summed E-state index contributed by atoms with van der Waals surface area (Å²) in [6, 6.07) is 8.72. The van der Waals surface area contributed by atoms with Gasteiger partial charge in [0.2, 0.25) is 0 Å². The third kappa shape index (κ3) is 4.47. The summed E-state index contributed by atoms with van der Waals surface area (Å²) in [6.45, 7) is 8.46. The minimum atomic E-state index is 0.157. The summed E-state index contributed by atoms with van der Waals surface area (Å²) in [6.07, 6.45) is 1.04. The number of benzene rings is 1. The van der Waals surface area contributed by atoms with Gasteiger partial charge >= 0.3 is 0 Å². The maximum atomic E-state index is 5.87. The lowest BCUT2D eigenvalue weighted by Gasteiger charge is -2.35. The molecule has 2 rings (SSSR count). The van der Waals surface area contributed by atoms with E-state index in [-0.39, 0.29) is 6.10 Å². The first kappa shape index (κ1) is 15.3. The molecule has 1 fully saturated rings. The van der Waals surface area contributed by atoms with Crippen LogP contribution in [0, 0.1) is 0 Å². The molecule has 0 aliphatic carbocycles. The average Bonchev–Trinajstić information content (AvgIpc) is 2.46. The Hall–Kier alpha value is -1.10. The van der Waals surface area contributed by atoms with Crippen LogP contribution in [0.15, 0.2) is 24.3 Å². The van der Waals surface area contributed by atoms with Crippen molar-refractivity contribution in [1.29, 1.82) is 0 Å². The van der Waals surface area contributed by atoms with Crippen LogP contribution >= 0.6 is 0 Å².